The summed E-state index contributed by atoms with van der Waals surface area (Å²) in [5, 5.41) is 2.05. The van der Waals surface area contributed by atoms with E-state index in [1.54, 1.807) is 0 Å². The summed E-state index contributed by atoms with van der Waals surface area (Å²) < 4.78 is 2.11. The molecule has 0 bridgehead atoms. The van der Waals surface area contributed by atoms with Crippen LogP contribution in [0.5, 0.6) is 0 Å². The number of halogens is 1. The van der Waals surface area contributed by atoms with Crippen LogP contribution in [-0.4, -0.2) is 11.1 Å². The fraction of sp³-hybridized carbons (Fsp3) is 0.467. The molecule has 0 radical (unpaired) electrons. The Kier molecular flexibility index (Phi) is 2.87. The molecule has 1 aromatic carbocycles. The first kappa shape index (κ1) is 12.1. The molecule has 0 unspecified atom stereocenters. The molecule has 0 spiro atoms. The molecule has 2 aromatic rings. The van der Waals surface area contributed by atoms with E-state index in [9.17, 15) is 0 Å². The first-order chi connectivity index (χ1) is 8.68. The van der Waals surface area contributed by atoms with Gasteiger partial charge in [0.25, 0.3) is 0 Å². The Bertz CT molecular complexity index is 579. The highest BCUT2D eigenvalue weighted by molar-refractivity contribution is 6.36. The minimum atomic E-state index is 0.112. The molecule has 96 valence electrons. The largest absolute Gasteiger partial charge is 0.351 e. The highest BCUT2D eigenvalue weighted by Gasteiger charge is 2.36. The van der Waals surface area contributed by atoms with Crippen molar-refractivity contribution in [3.05, 3.63) is 35.0 Å². The van der Waals surface area contributed by atoms with E-state index in [2.05, 4.69) is 29.0 Å². The third-order valence-corrected chi connectivity index (χ3v) is 4.93. The molecule has 1 heterocycles. The predicted molar refractivity (Wildman–Crippen MR) is 77.1 cm³/mol. The molecule has 2 N–H and O–H groups in total. The van der Waals surface area contributed by atoms with Crippen molar-refractivity contribution in [2.75, 3.05) is 6.54 Å². The van der Waals surface area contributed by atoms with Gasteiger partial charge in [-0.2, -0.15) is 0 Å². The number of nitrogens with two attached hydrogens (primary N) is 1. The van der Waals surface area contributed by atoms with Crippen LogP contribution in [-0.2, 0) is 12.5 Å². The van der Waals surface area contributed by atoms with Gasteiger partial charge in [-0.1, -0.05) is 30.5 Å². The van der Waals surface area contributed by atoms with Crippen molar-refractivity contribution < 1.29 is 0 Å². The fourth-order valence-corrected chi connectivity index (χ4v) is 3.78. The zero-order valence-corrected chi connectivity index (χ0v) is 11.5. The van der Waals surface area contributed by atoms with Gasteiger partial charge < -0.3 is 10.3 Å². The zero-order valence-electron chi connectivity index (χ0n) is 10.7. The number of hydrogen-bond donors (Lipinski definition) is 1. The van der Waals surface area contributed by atoms with E-state index in [-0.39, 0.29) is 5.41 Å². The molecule has 1 aromatic heterocycles. The van der Waals surface area contributed by atoms with Crippen LogP contribution < -0.4 is 5.73 Å². The minimum absolute atomic E-state index is 0.112. The number of rotatable bonds is 2. The Morgan fingerprint density at radius 2 is 2.00 bits per heavy atom. The van der Waals surface area contributed by atoms with Gasteiger partial charge in [-0.15, -0.1) is 0 Å². The van der Waals surface area contributed by atoms with Crippen molar-refractivity contribution in [1.82, 2.24) is 4.57 Å². The van der Waals surface area contributed by atoms with E-state index < -0.39 is 0 Å². The van der Waals surface area contributed by atoms with Gasteiger partial charge in [-0.25, -0.2) is 0 Å². The first-order valence-electron chi connectivity index (χ1n) is 6.62. The van der Waals surface area contributed by atoms with Gasteiger partial charge in [0.15, 0.2) is 0 Å². The molecule has 1 aliphatic rings. The van der Waals surface area contributed by atoms with E-state index in [0.29, 0.717) is 6.54 Å². The van der Waals surface area contributed by atoms with Crippen molar-refractivity contribution in [2.45, 2.75) is 31.1 Å². The molecule has 0 aliphatic heterocycles. The Labute approximate surface area is 113 Å². The summed E-state index contributed by atoms with van der Waals surface area (Å²) in [7, 11) is 2.05. The topological polar surface area (TPSA) is 30.9 Å². The highest BCUT2D eigenvalue weighted by atomic mass is 35.5. The van der Waals surface area contributed by atoms with Gasteiger partial charge in [0, 0.05) is 36.1 Å². The van der Waals surface area contributed by atoms with Crippen molar-refractivity contribution >= 4 is 22.5 Å². The van der Waals surface area contributed by atoms with E-state index in [4.69, 9.17) is 17.3 Å². The molecule has 18 heavy (non-hydrogen) atoms. The summed E-state index contributed by atoms with van der Waals surface area (Å²) in [6, 6.07) is 6.45. The molecule has 1 saturated carbocycles. The standard InChI is InChI=1S/C15H19ClN2/c1-18-9-6-11-13(18)5-4-12(14(11)16)15(10-17)7-2-3-8-15/h4-6,9H,2-3,7-8,10,17H2,1H3. The van der Waals surface area contributed by atoms with Crippen molar-refractivity contribution in [3.8, 4) is 0 Å². The number of nitrogens with zero attached hydrogens (tertiary/aromatic N) is 1. The summed E-state index contributed by atoms with van der Waals surface area (Å²) in [5.41, 5.74) is 8.61. The van der Waals surface area contributed by atoms with Crippen LogP contribution in [0.25, 0.3) is 10.9 Å². The molecule has 1 fully saturated rings. The van der Waals surface area contributed by atoms with Crippen LogP contribution in [0.2, 0.25) is 5.02 Å². The maximum atomic E-state index is 6.63. The van der Waals surface area contributed by atoms with Crippen LogP contribution in [0.4, 0.5) is 0 Å². The lowest BCUT2D eigenvalue weighted by Crippen LogP contribution is -2.32. The van der Waals surface area contributed by atoms with E-state index in [1.165, 1.54) is 36.8 Å². The number of hydrogen-bond acceptors (Lipinski definition) is 1. The maximum Gasteiger partial charge on any atom is 0.0538 e. The lowest BCUT2D eigenvalue weighted by Gasteiger charge is -2.29. The second-order valence-electron chi connectivity index (χ2n) is 5.48. The summed E-state index contributed by atoms with van der Waals surface area (Å²) in [5.74, 6) is 0. The second kappa shape index (κ2) is 4.29. The number of fused-ring (bicyclic) bond motifs is 1. The fourth-order valence-electron chi connectivity index (χ4n) is 3.36. The van der Waals surface area contributed by atoms with Gasteiger partial charge in [-0.05, 0) is 30.5 Å². The molecule has 1 aliphatic carbocycles. The Hall–Kier alpha value is -0.990. The molecule has 0 saturated heterocycles. The number of aryl methyl sites for hydroxylation is 1. The third-order valence-electron chi connectivity index (χ3n) is 4.52. The van der Waals surface area contributed by atoms with Gasteiger partial charge in [0.2, 0.25) is 0 Å². The molecular formula is C15H19ClN2. The van der Waals surface area contributed by atoms with E-state index in [0.717, 1.165) is 10.4 Å². The normalized spacial score (nSPS) is 18.6. The second-order valence-corrected chi connectivity index (χ2v) is 5.86. The van der Waals surface area contributed by atoms with Crippen molar-refractivity contribution in [2.24, 2.45) is 12.8 Å². The molecule has 0 amide bonds. The minimum Gasteiger partial charge on any atom is -0.351 e. The molecule has 3 heteroatoms. The Morgan fingerprint density at radius 3 is 2.67 bits per heavy atom. The average Bonchev–Trinajstić information content (AvgIpc) is 2.99. The summed E-state index contributed by atoms with van der Waals surface area (Å²) >= 11 is 6.63. The summed E-state index contributed by atoms with van der Waals surface area (Å²) in [6.45, 7) is 0.699. The van der Waals surface area contributed by atoms with Crippen molar-refractivity contribution in [3.63, 3.8) is 0 Å². The molecular weight excluding hydrogens is 244 g/mol. The number of aromatic nitrogens is 1. The van der Waals surface area contributed by atoms with Crippen LogP contribution >= 0.6 is 11.6 Å². The Balaban J connectivity index is 2.20. The molecule has 3 rings (SSSR count). The van der Waals surface area contributed by atoms with Gasteiger partial charge in [-0.3, -0.25) is 0 Å². The summed E-state index contributed by atoms with van der Waals surface area (Å²) in [4.78, 5) is 0. The molecule has 0 atom stereocenters. The Morgan fingerprint density at radius 1 is 1.28 bits per heavy atom. The van der Waals surface area contributed by atoms with Crippen LogP contribution in [0.1, 0.15) is 31.2 Å². The van der Waals surface area contributed by atoms with Crippen LogP contribution in [0.3, 0.4) is 0 Å². The third kappa shape index (κ3) is 1.59. The van der Waals surface area contributed by atoms with Crippen LogP contribution in [0.15, 0.2) is 24.4 Å². The lowest BCUT2D eigenvalue weighted by molar-refractivity contribution is 0.454. The maximum absolute atomic E-state index is 6.63. The van der Waals surface area contributed by atoms with Crippen molar-refractivity contribution in [1.29, 1.82) is 0 Å². The summed E-state index contributed by atoms with van der Waals surface area (Å²) in [6.07, 6.45) is 6.92. The SMILES string of the molecule is Cn1ccc2c(Cl)c(C3(CN)CCCC3)ccc21. The van der Waals surface area contributed by atoms with E-state index in [1.807, 2.05) is 7.05 Å². The predicted octanol–water partition coefficient (Wildman–Crippen LogP) is 3.60. The van der Waals surface area contributed by atoms with Gasteiger partial charge in [0.1, 0.15) is 0 Å². The molecule has 2 nitrogen and oxygen atoms in total. The van der Waals surface area contributed by atoms with Gasteiger partial charge in [0.05, 0.1) is 5.02 Å². The lowest BCUT2D eigenvalue weighted by atomic mass is 9.78. The average molecular weight is 263 g/mol. The zero-order chi connectivity index (χ0) is 12.8. The van der Waals surface area contributed by atoms with Gasteiger partial charge >= 0.3 is 0 Å². The highest BCUT2D eigenvalue weighted by Crippen LogP contribution is 2.44. The van der Waals surface area contributed by atoms with E-state index >= 15 is 0 Å². The first-order valence-corrected chi connectivity index (χ1v) is 7.00. The monoisotopic (exact) mass is 262 g/mol. The smallest absolute Gasteiger partial charge is 0.0538 e. The van der Waals surface area contributed by atoms with Crippen LogP contribution in [0, 0.1) is 0 Å². The quantitative estimate of drug-likeness (QED) is 0.881. The number of benzene rings is 1.